The molecule has 23 heavy (non-hydrogen) atoms. The van der Waals surface area contributed by atoms with E-state index in [1.54, 1.807) is 18.2 Å². The molecule has 120 valence electrons. The summed E-state index contributed by atoms with van der Waals surface area (Å²) in [6.45, 7) is -0.0144. The van der Waals surface area contributed by atoms with Crippen molar-refractivity contribution in [2.45, 2.75) is 17.9 Å². The highest BCUT2D eigenvalue weighted by Crippen LogP contribution is 2.55. The Labute approximate surface area is 132 Å². The maximum atomic E-state index is 11.0. The van der Waals surface area contributed by atoms with Crippen LogP contribution in [0.25, 0.3) is 0 Å². The Hall–Kier alpha value is -2.60. The van der Waals surface area contributed by atoms with Gasteiger partial charge in [0.25, 0.3) is 0 Å². The van der Waals surface area contributed by atoms with Crippen molar-refractivity contribution in [1.29, 1.82) is 0 Å². The van der Waals surface area contributed by atoms with Crippen molar-refractivity contribution in [2.75, 3.05) is 13.7 Å². The van der Waals surface area contributed by atoms with Crippen LogP contribution >= 0.6 is 0 Å². The largest absolute Gasteiger partial charge is 0.504 e. The third-order valence-electron chi connectivity index (χ3n) is 4.70. The van der Waals surface area contributed by atoms with Crippen LogP contribution in [0, 0.1) is 0 Å². The van der Waals surface area contributed by atoms with Crippen molar-refractivity contribution in [2.24, 2.45) is 0 Å². The number of phenolic OH excluding ortho intramolecular Hbond substituents is 3. The fraction of sp³-hybridized carbons (Fsp3) is 0.294. The van der Waals surface area contributed by atoms with E-state index >= 15 is 0 Å². The maximum absolute atomic E-state index is 11.0. The van der Waals surface area contributed by atoms with Gasteiger partial charge >= 0.3 is 0 Å². The van der Waals surface area contributed by atoms with Crippen LogP contribution in [0.5, 0.6) is 28.7 Å². The SMILES string of the molecule is COc1cc2c(cc1O)[C@@H]1c3ccc(O)c(O)c3OC[C@]1(O)C2. The number of fused-ring (bicyclic) bond motifs is 5. The molecule has 0 fully saturated rings. The topological polar surface area (TPSA) is 99.4 Å². The standard InChI is InChI=1S/C17H16O6/c1-22-13-4-8-6-17(21)7-23-16-9(2-3-11(18)15(16)20)14(17)10(8)5-12(13)19/h2-5,14,18-21H,6-7H2,1H3/t14-,17+/m0/s1. The van der Waals surface area contributed by atoms with Gasteiger partial charge in [0.05, 0.1) is 7.11 Å². The van der Waals surface area contributed by atoms with E-state index in [0.717, 1.165) is 11.1 Å². The van der Waals surface area contributed by atoms with Gasteiger partial charge in [-0.15, -0.1) is 0 Å². The number of hydrogen-bond donors (Lipinski definition) is 4. The number of rotatable bonds is 1. The van der Waals surface area contributed by atoms with Crippen LogP contribution in [-0.4, -0.2) is 39.7 Å². The predicted octanol–water partition coefficient (Wildman–Crippen LogP) is 1.62. The molecule has 2 atom stereocenters. The molecule has 0 unspecified atom stereocenters. The second-order valence-corrected chi connectivity index (χ2v) is 6.08. The van der Waals surface area contributed by atoms with Crippen molar-refractivity contribution in [3.8, 4) is 28.7 Å². The van der Waals surface area contributed by atoms with E-state index < -0.39 is 11.5 Å². The summed E-state index contributed by atoms with van der Waals surface area (Å²) in [5, 5.41) is 40.7. The summed E-state index contributed by atoms with van der Waals surface area (Å²) >= 11 is 0. The highest BCUT2D eigenvalue weighted by atomic mass is 16.5. The predicted molar refractivity (Wildman–Crippen MR) is 80.4 cm³/mol. The number of benzene rings is 2. The van der Waals surface area contributed by atoms with Gasteiger partial charge in [-0.2, -0.15) is 0 Å². The Kier molecular flexibility index (Phi) is 2.72. The molecule has 6 heteroatoms. The summed E-state index contributed by atoms with van der Waals surface area (Å²) in [4.78, 5) is 0. The molecule has 2 aromatic carbocycles. The third-order valence-corrected chi connectivity index (χ3v) is 4.70. The minimum absolute atomic E-state index is 0.00783. The number of ether oxygens (including phenoxy) is 2. The fourth-order valence-corrected chi connectivity index (χ4v) is 3.68. The van der Waals surface area contributed by atoms with Gasteiger partial charge in [-0.25, -0.2) is 0 Å². The highest BCUT2D eigenvalue weighted by molar-refractivity contribution is 5.63. The number of phenols is 3. The Morgan fingerprint density at radius 2 is 1.91 bits per heavy atom. The quantitative estimate of drug-likeness (QED) is 0.597. The van der Waals surface area contributed by atoms with Gasteiger partial charge in [0.15, 0.2) is 23.0 Å². The monoisotopic (exact) mass is 316 g/mol. The Bertz CT molecular complexity index is 815. The van der Waals surface area contributed by atoms with Crippen LogP contribution in [0.3, 0.4) is 0 Å². The van der Waals surface area contributed by atoms with E-state index in [9.17, 15) is 20.4 Å². The van der Waals surface area contributed by atoms with Gasteiger partial charge in [-0.1, -0.05) is 6.07 Å². The first kappa shape index (κ1) is 14.0. The molecule has 0 aromatic heterocycles. The molecule has 0 amide bonds. The molecule has 1 heterocycles. The Morgan fingerprint density at radius 1 is 1.13 bits per heavy atom. The lowest BCUT2D eigenvalue weighted by Crippen LogP contribution is -2.43. The van der Waals surface area contributed by atoms with Crippen molar-refractivity contribution >= 4 is 0 Å². The van der Waals surface area contributed by atoms with Crippen LogP contribution in [0.2, 0.25) is 0 Å². The average Bonchev–Trinajstić information content (AvgIpc) is 2.81. The summed E-state index contributed by atoms with van der Waals surface area (Å²) in [6, 6.07) is 6.27. The molecule has 2 aromatic rings. The summed E-state index contributed by atoms with van der Waals surface area (Å²) in [5.74, 6) is -0.555. The number of aromatic hydroxyl groups is 3. The van der Waals surface area contributed by atoms with Crippen molar-refractivity contribution in [3.05, 3.63) is 41.0 Å². The molecule has 0 radical (unpaired) electrons. The zero-order chi connectivity index (χ0) is 16.4. The molecule has 0 saturated carbocycles. The van der Waals surface area contributed by atoms with E-state index in [1.807, 2.05) is 0 Å². The smallest absolute Gasteiger partial charge is 0.200 e. The van der Waals surface area contributed by atoms with Crippen molar-refractivity contribution in [1.82, 2.24) is 0 Å². The zero-order valence-corrected chi connectivity index (χ0v) is 12.4. The normalized spacial score (nSPS) is 24.3. The minimum atomic E-state index is -1.17. The van der Waals surface area contributed by atoms with E-state index in [4.69, 9.17) is 9.47 Å². The summed E-state index contributed by atoms with van der Waals surface area (Å²) in [6.07, 6.45) is 0.352. The molecule has 2 aliphatic rings. The molecule has 0 saturated heterocycles. The van der Waals surface area contributed by atoms with E-state index in [2.05, 4.69) is 0 Å². The Morgan fingerprint density at radius 3 is 2.65 bits per heavy atom. The number of aliphatic hydroxyl groups is 1. The molecule has 1 aliphatic carbocycles. The average molecular weight is 316 g/mol. The molecule has 1 aliphatic heterocycles. The van der Waals surface area contributed by atoms with Crippen LogP contribution in [0.1, 0.15) is 22.6 Å². The van der Waals surface area contributed by atoms with Crippen molar-refractivity contribution < 1.29 is 29.9 Å². The first-order valence-electron chi connectivity index (χ1n) is 7.24. The maximum Gasteiger partial charge on any atom is 0.200 e. The lowest BCUT2D eigenvalue weighted by molar-refractivity contribution is -0.0228. The van der Waals surface area contributed by atoms with Gasteiger partial charge in [0, 0.05) is 17.9 Å². The zero-order valence-electron chi connectivity index (χ0n) is 12.4. The molecule has 0 bridgehead atoms. The van der Waals surface area contributed by atoms with Gasteiger partial charge in [-0.05, 0) is 29.3 Å². The van der Waals surface area contributed by atoms with Gasteiger partial charge in [0.2, 0.25) is 5.75 Å². The summed E-state index contributed by atoms with van der Waals surface area (Å²) in [7, 11) is 1.47. The van der Waals surface area contributed by atoms with Crippen LogP contribution < -0.4 is 9.47 Å². The third kappa shape index (κ3) is 1.78. The first-order valence-corrected chi connectivity index (χ1v) is 7.24. The molecule has 0 spiro atoms. The lowest BCUT2D eigenvalue weighted by atomic mass is 9.80. The van der Waals surface area contributed by atoms with Crippen LogP contribution in [-0.2, 0) is 6.42 Å². The van der Waals surface area contributed by atoms with E-state index in [-0.39, 0.29) is 29.6 Å². The molecular weight excluding hydrogens is 300 g/mol. The second kappa shape index (κ2) is 4.45. The van der Waals surface area contributed by atoms with Gasteiger partial charge in [0.1, 0.15) is 12.2 Å². The molecule has 4 N–H and O–H groups in total. The number of methoxy groups -OCH3 is 1. The summed E-state index contributed by atoms with van der Waals surface area (Å²) < 4.78 is 10.6. The Balaban J connectivity index is 1.94. The van der Waals surface area contributed by atoms with E-state index in [0.29, 0.717) is 17.7 Å². The lowest BCUT2D eigenvalue weighted by Gasteiger charge is -2.36. The molecular formula is C17H16O6. The molecule has 6 nitrogen and oxygen atoms in total. The highest BCUT2D eigenvalue weighted by Gasteiger charge is 2.51. The minimum Gasteiger partial charge on any atom is -0.504 e. The molecule has 4 rings (SSSR count). The summed E-state index contributed by atoms with van der Waals surface area (Å²) in [5.41, 5.74) is 1.03. The second-order valence-electron chi connectivity index (χ2n) is 6.08. The first-order chi connectivity index (χ1) is 10.9. The van der Waals surface area contributed by atoms with Crippen molar-refractivity contribution in [3.63, 3.8) is 0 Å². The van der Waals surface area contributed by atoms with Gasteiger partial charge < -0.3 is 29.9 Å². The van der Waals surface area contributed by atoms with E-state index in [1.165, 1.54) is 13.2 Å². The fourth-order valence-electron chi connectivity index (χ4n) is 3.68. The number of hydrogen-bond acceptors (Lipinski definition) is 6. The van der Waals surface area contributed by atoms with Gasteiger partial charge in [-0.3, -0.25) is 0 Å². The van der Waals surface area contributed by atoms with Crippen LogP contribution in [0.15, 0.2) is 24.3 Å². The van der Waals surface area contributed by atoms with Crippen LogP contribution in [0.4, 0.5) is 0 Å².